The molecule has 0 unspecified atom stereocenters. The molecule has 0 saturated heterocycles. The topological polar surface area (TPSA) is 103 Å². The van der Waals surface area contributed by atoms with Crippen molar-refractivity contribution in [2.24, 2.45) is 0 Å². The van der Waals surface area contributed by atoms with Crippen LogP contribution in [0.5, 0.6) is 0 Å². The second-order valence-electron chi connectivity index (χ2n) is 6.61. The van der Waals surface area contributed by atoms with Gasteiger partial charge in [0.25, 0.3) is 0 Å². The van der Waals surface area contributed by atoms with E-state index < -0.39 is 5.82 Å². The molecule has 0 radical (unpaired) electrons. The van der Waals surface area contributed by atoms with Crippen molar-refractivity contribution >= 4 is 22.5 Å². The highest BCUT2D eigenvalue weighted by Crippen LogP contribution is 2.39. The molecule has 5 N–H and O–H groups in total. The summed E-state index contributed by atoms with van der Waals surface area (Å²) in [5, 5.41) is 10.4. The van der Waals surface area contributed by atoms with E-state index in [4.69, 9.17) is 11.5 Å². The number of benzene rings is 1. The number of halogens is 1. The zero-order chi connectivity index (χ0) is 17.6. The van der Waals surface area contributed by atoms with Crippen LogP contribution in [0.3, 0.4) is 0 Å². The molecule has 0 aliphatic heterocycles. The van der Waals surface area contributed by atoms with Gasteiger partial charge in [0, 0.05) is 29.1 Å². The first-order chi connectivity index (χ1) is 12.0. The van der Waals surface area contributed by atoms with Crippen LogP contribution in [0, 0.1) is 5.82 Å². The number of aliphatic hydroxyl groups excluding tert-OH is 1. The van der Waals surface area contributed by atoms with Crippen molar-refractivity contribution in [3.63, 3.8) is 0 Å². The van der Waals surface area contributed by atoms with Crippen LogP contribution in [0.1, 0.15) is 31.7 Å². The fourth-order valence-corrected chi connectivity index (χ4v) is 3.68. The van der Waals surface area contributed by atoms with E-state index in [0.29, 0.717) is 33.7 Å². The molecule has 4 rings (SSSR count). The minimum Gasteiger partial charge on any atom is -0.399 e. The van der Waals surface area contributed by atoms with Crippen molar-refractivity contribution in [3.8, 4) is 11.1 Å². The van der Waals surface area contributed by atoms with Crippen LogP contribution < -0.4 is 11.5 Å². The van der Waals surface area contributed by atoms with Crippen molar-refractivity contribution in [1.29, 1.82) is 0 Å². The lowest BCUT2D eigenvalue weighted by atomic mass is 9.93. The first kappa shape index (κ1) is 15.8. The molecule has 1 fully saturated rings. The van der Waals surface area contributed by atoms with Crippen LogP contribution in [-0.2, 0) is 0 Å². The summed E-state index contributed by atoms with van der Waals surface area (Å²) in [6.45, 7) is 0. The van der Waals surface area contributed by atoms with Gasteiger partial charge in [-0.05, 0) is 43.9 Å². The zero-order valence-electron chi connectivity index (χ0n) is 13.7. The summed E-state index contributed by atoms with van der Waals surface area (Å²) in [6.07, 6.45) is 6.26. The van der Waals surface area contributed by atoms with Crippen molar-refractivity contribution < 1.29 is 9.50 Å². The van der Waals surface area contributed by atoms with Gasteiger partial charge in [0.05, 0.1) is 11.5 Å². The molecule has 1 saturated carbocycles. The van der Waals surface area contributed by atoms with E-state index in [1.54, 1.807) is 12.1 Å². The van der Waals surface area contributed by atoms with E-state index in [9.17, 15) is 9.50 Å². The minimum atomic E-state index is -0.402. The molecule has 3 aromatic rings. The van der Waals surface area contributed by atoms with E-state index in [2.05, 4.69) is 9.97 Å². The van der Waals surface area contributed by atoms with E-state index in [-0.39, 0.29) is 12.1 Å². The molecule has 0 bridgehead atoms. The van der Waals surface area contributed by atoms with Crippen LogP contribution in [0.2, 0.25) is 0 Å². The normalized spacial score (nSPS) is 20.9. The largest absolute Gasteiger partial charge is 0.399 e. The molecule has 2 aromatic heterocycles. The Morgan fingerprint density at radius 1 is 1.08 bits per heavy atom. The Morgan fingerprint density at radius 3 is 2.56 bits per heavy atom. The highest BCUT2D eigenvalue weighted by Gasteiger charge is 2.25. The van der Waals surface area contributed by atoms with Gasteiger partial charge in [-0.2, -0.15) is 0 Å². The van der Waals surface area contributed by atoms with Crippen LogP contribution in [-0.4, -0.2) is 25.7 Å². The average molecular weight is 341 g/mol. The van der Waals surface area contributed by atoms with Gasteiger partial charge in [-0.3, -0.25) is 0 Å². The van der Waals surface area contributed by atoms with Gasteiger partial charge in [-0.15, -0.1) is 0 Å². The third-order valence-electron chi connectivity index (χ3n) is 4.98. The predicted octanol–water partition coefficient (Wildman–Crippen LogP) is 2.88. The number of fused-ring (bicyclic) bond motifs is 1. The lowest BCUT2D eigenvalue weighted by molar-refractivity contribution is 0.111. The van der Waals surface area contributed by atoms with Crippen molar-refractivity contribution in [2.45, 2.75) is 37.8 Å². The Bertz CT molecular complexity index is 931. The molecule has 1 aliphatic rings. The maximum absolute atomic E-state index is 14.5. The second kappa shape index (κ2) is 6.00. The minimum absolute atomic E-state index is 0.200. The maximum Gasteiger partial charge on any atom is 0.146 e. The average Bonchev–Trinajstić information content (AvgIpc) is 2.96. The molecule has 0 amide bonds. The van der Waals surface area contributed by atoms with Crippen LogP contribution in [0.25, 0.3) is 22.2 Å². The summed E-state index contributed by atoms with van der Waals surface area (Å²) in [5.41, 5.74) is 13.9. The monoisotopic (exact) mass is 341 g/mol. The number of hydrogen-bond donors (Lipinski definition) is 3. The molecule has 6 nitrogen and oxygen atoms in total. The van der Waals surface area contributed by atoms with Crippen molar-refractivity contribution in [3.05, 3.63) is 36.5 Å². The van der Waals surface area contributed by atoms with Crippen molar-refractivity contribution in [2.75, 3.05) is 11.5 Å². The lowest BCUT2D eigenvalue weighted by Gasteiger charge is -2.27. The summed E-state index contributed by atoms with van der Waals surface area (Å²) < 4.78 is 16.5. The molecule has 0 spiro atoms. The summed E-state index contributed by atoms with van der Waals surface area (Å²) >= 11 is 0. The number of hydrogen-bond acceptors (Lipinski definition) is 5. The molecule has 7 heteroatoms. The highest BCUT2D eigenvalue weighted by molar-refractivity contribution is 6.00. The second-order valence-corrected chi connectivity index (χ2v) is 6.61. The number of nitrogens with two attached hydrogens (primary N) is 2. The predicted molar refractivity (Wildman–Crippen MR) is 95.3 cm³/mol. The fourth-order valence-electron chi connectivity index (χ4n) is 3.68. The smallest absolute Gasteiger partial charge is 0.146 e. The summed E-state index contributed by atoms with van der Waals surface area (Å²) in [5.74, 6) is -0.0767. The lowest BCUT2D eigenvalue weighted by Crippen LogP contribution is -2.20. The Morgan fingerprint density at radius 2 is 1.84 bits per heavy atom. The Labute approximate surface area is 144 Å². The molecular weight excluding hydrogens is 321 g/mol. The molecule has 1 aliphatic carbocycles. The fraction of sp³-hybridized carbons (Fsp3) is 0.333. The van der Waals surface area contributed by atoms with Crippen LogP contribution >= 0.6 is 0 Å². The molecule has 25 heavy (non-hydrogen) atoms. The third kappa shape index (κ3) is 2.70. The van der Waals surface area contributed by atoms with Gasteiger partial charge < -0.3 is 21.1 Å². The number of aliphatic hydroxyl groups is 1. The van der Waals surface area contributed by atoms with Crippen LogP contribution in [0.4, 0.5) is 15.9 Å². The molecule has 130 valence electrons. The third-order valence-corrected chi connectivity index (χ3v) is 4.98. The maximum atomic E-state index is 14.5. The Balaban J connectivity index is 1.90. The van der Waals surface area contributed by atoms with Crippen LogP contribution in [0.15, 0.2) is 30.7 Å². The molecular formula is C18H20FN5O. The van der Waals surface area contributed by atoms with Gasteiger partial charge in [0.2, 0.25) is 0 Å². The molecule has 2 heterocycles. The van der Waals surface area contributed by atoms with E-state index in [0.717, 1.165) is 25.7 Å². The summed E-state index contributed by atoms with van der Waals surface area (Å²) in [7, 11) is 0. The van der Waals surface area contributed by atoms with Gasteiger partial charge in [-0.25, -0.2) is 14.4 Å². The SMILES string of the molecule is Nc1ccc(-c2cn([C@H]3CC[C@H](O)CC3)c3ncnc(N)c23)c(F)c1. The number of anilines is 2. The van der Waals surface area contributed by atoms with Crippen molar-refractivity contribution in [1.82, 2.24) is 14.5 Å². The molecule has 1 aromatic carbocycles. The zero-order valence-corrected chi connectivity index (χ0v) is 13.7. The molecule has 0 atom stereocenters. The Kier molecular flexibility index (Phi) is 3.80. The first-order valence-corrected chi connectivity index (χ1v) is 8.39. The highest BCUT2D eigenvalue weighted by atomic mass is 19.1. The van der Waals surface area contributed by atoms with E-state index in [1.807, 2.05) is 10.8 Å². The van der Waals surface area contributed by atoms with Gasteiger partial charge >= 0.3 is 0 Å². The first-order valence-electron chi connectivity index (χ1n) is 8.39. The van der Waals surface area contributed by atoms with Gasteiger partial charge in [0.15, 0.2) is 0 Å². The van der Waals surface area contributed by atoms with E-state index in [1.165, 1.54) is 12.4 Å². The number of rotatable bonds is 2. The summed E-state index contributed by atoms with van der Waals surface area (Å²) in [6, 6.07) is 4.82. The van der Waals surface area contributed by atoms with E-state index >= 15 is 0 Å². The quantitative estimate of drug-likeness (QED) is 0.622. The van der Waals surface area contributed by atoms with Gasteiger partial charge in [0.1, 0.15) is 23.6 Å². The number of nitrogens with zero attached hydrogens (tertiary/aromatic N) is 3. The number of aromatic nitrogens is 3. The Hall–Kier alpha value is -2.67. The number of nitrogen functional groups attached to an aromatic ring is 2. The standard InChI is InChI=1S/C18H20FN5O/c19-15-7-10(20)1-6-13(15)14-8-24(11-2-4-12(25)5-3-11)18-16(14)17(21)22-9-23-18/h1,6-9,11-12,25H,2-5,20H2,(H2,21,22,23)/t11-,12-. The van der Waals surface area contributed by atoms with Gasteiger partial charge in [-0.1, -0.05) is 0 Å². The summed E-state index contributed by atoms with van der Waals surface area (Å²) in [4.78, 5) is 8.47.